The van der Waals surface area contributed by atoms with Gasteiger partial charge in [0.25, 0.3) is 5.91 Å². The number of anilines is 1. The van der Waals surface area contributed by atoms with Gasteiger partial charge in [-0.25, -0.2) is 9.37 Å². The van der Waals surface area contributed by atoms with E-state index in [4.69, 9.17) is 0 Å². The average molecular weight is 365 g/mol. The van der Waals surface area contributed by atoms with Crippen molar-refractivity contribution in [3.05, 3.63) is 57.8 Å². The Bertz CT molecular complexity index is 847. The van der Waals surface area contributed by atoms with Crippen molar-refractivity contribution in [3.63, 3.8) is 0 Å². The molecule has 1 N–H and O–H groups in total. The first-order valence-electron chi connectivity index (χ1n) is 6.16. The maximum Gasteiger partial charge on any atom is 0.258 e. The van der Waals surface area contributed by atoms with Gasteiger partial charge in [0.15, 0.2) is 5.13 Å². The maximum atomic E-state index is 13.0. The van der Waals surface area contributed by atoms with Crippen LogP contribution < -0.4 is 5.32 Å². The molecule has 106 valence electrons. The number of halogens is 2. The fourth-order valence-electron chi connectivity index (χ4n) is 1.92. The second kappa shape index (κ2) is 5.54. The second-order valence-electron chi connectivity index (χ2n) is 4.57. The summed E-state index contributed by atoms with van der Waals surface area (Å²) in [4.78, 5) is 16.6. The van der Waals surface area contributed by atoms with E-state index in [0.717, 1.165) is 15.8 Å². The van der Waals surface area contributed by atoms with Gasteiger partial charge in [0, 0.05) is 4.47 Å². The number of fused-ring (bicyclic) bond motifs is 1. The summed E-state index contributed by atoms with van der Waals surface area (Å²) in [7, 11) is 0. The topological polar surface area (TPSA) is 42.0 Å². The van der Waals surface area contributed by atoms with Crippen LogP contribution in [0.1, 0.15) is 15.9 Å². The predicted octanol–water partition coefficient (Wildman–Crippen LogP) is 4.76. The van der Waals surface area contributed by atoms with Crippen LogP contribution in [0.2, 0.25) is 0 Å². The number of hydrogen-bond acceptors (Lipinski definition) is 3. The number of carbonyl (C=O) groups excluding carboxylic acids is 1. The molecule has 2 aromatic carbocycles. The van der Waals surface area contributed by atoms with Crippen molar-refractivity contribution in [2.45, 2.75) is 6.92 Å². The number of carbonyl (C=O) groups is 1. The minimum absolute atomic E-state index is 0.322. The van der Waals surface area contributed by atoms with Crippen LogP contribution in [-0.2, 0) is 0 Å². The van der Waals surface area contributed by atoms with Crippen LogP contribution in [0.25, 0.3) is 10.2 Å². The van der Waals surface area contributed by atoms with Crippen molar-refractivity contribution < 1.29 is 9.18 Å². The number of nitrogens with one attached hydrogen (secondary N) is 1. The van der Waals surface area contributed by atoms with Crippen molar-refractivity contribution in [1.29, 1.82) is 0 Å². The summed E-state index contributed by atoms with van der Waals surface area (Å²) in [6, 6.07) is 9.87. The molecule has 0 fully saturated rings. The molecule has 6 heteroatoms. The smallest absolute Gasteiger partial charge is 0.258 e. The first kappa shape index (κ1) is 14.2. The number of thiazole rings is 1. The lowest BCUT2D eigenvalue weighted by atomic mass is 10.2. The zero-order valence-corrected chi connectivity index (χ0v) is 13.4. The minimum Gasteiger partial charge on any atom is -0.298 e. The second-order valence-corrected chi connectivity index (χ2v) is 6.45. The Balaban J connectivity index is 1.89. The van der Waals surface area contributed by atoms with Gasteiger partial charge in [0.2, 0.25) is 0 Å². The molecule has 0 saturated carbocycles. The summed E-state index contributed by atoms with van der Waals surface area (Å²) < 4.78 is 14.5. The summed E-state index contributed by atoms with van der Waals surface area (Å²) in [6.07, 6.45) is 0. The van der Waals surface area contributed by atoms with E-state index in [1.165, 1.54) is 29.5 Å². The van der Waals surface area contributed by atoms with E-state index in [9.17, 15) is 9.18 Å². The summed E-state index contributed by atoms with van der Waals surface area (Å²) in [5.41, 5.74) is 2.36. The van der Waals surface area contributed by atoms with Gasteiger partial charge in [0.05, 0.1) is 15.8 Å². The summed E-state index contributed by atoms with van der Waals surface area (Å²) in [5, 5.41) is 3.27. The third-order valence-corrected chi connectivity index (χ3v) is 4.53. The maximum absolute atomic E-state index is 13.0. The Morgan fingerprint density at radius 3 is 2.86 bits per heavy atom. The first-order valence-corrected chi connectivity index (χ1v) is 7.77. The fraction of sp³-hybridized carbons (Fsp3) is 0.0667. The highest BCUT2D eigenvalue weighted by molar-refractivity contribution is 9.10. The van der Waals surface area contributed by atoms with Gasteiger partial charge in [0.1, 0.15) is 5.82 Å². The molecule has 0 atom stereocenters. The van der Waals surface area contributed by atoms with Crippen molar-refractivity contribution in [3.8, 4) is 0 Å². The van der Waals surface area contributed by atoms with Crippen LogP contribution in [0.3, 0.4) is 0 Å². The standard InChI is InChI=1S/C15H10BrFN2OS/c1-8-2-5-12-13(6-8)21-15(18-12)19-14(20)10-4-3-9(17)7-11(10)16/h2-7H,1H3,(H,18,19,20). The predicted molar refractivity (Wildman–Crippen MR) is 86.4 cm³/mol. The third-order valence-electron chi connectivity index (χ3n) is 2.94. The third kappa shape index (κ3) is 2.96. The van der Waals surface area contributed by atoms with E-state index >= 15 is 0 Å². The SMILES string of the molecule is Cc1ccc2nc(NC(=O)c3ccc(F)cc3Br)sc2c1. The van der Waals surface area contributed by atoms with Crippen molar-refractivity contribution >= 4 is 48.5 Å². The first-order chi connectivity index (χ1) is 10.0. The van der Waals surface area contributed by atoms with E-state index in [2.05, 4.69) is 26.2 Å². The van der Waals surface area contributed by atoms with E-state index in [1.54, 1.807) is 0 Å². The van der Waals surface area contributed by atoms with Crippen LogP contribution >= 0.6 is 27.3 Å². The highest BCUT2D eigenvalue weighted by atomic mass is 79.9. The normalized spacial score (nSPS) is 10.8. The zero-order valence-electron chi connectivity index (χ0n) is 11.0. The molecule has 0 unspecified atom stereocenters. The van der Waals surface area contributed by atoms with Crippen molar-refractivity contribution in [2.75, 3.05) is 5.32 Å². The number of benzene rings is 2. The molecule has 3 rings (SSSR count). The summed E-state index contributed by atoms with van der Waals surface area (Å²) in [5.74, 6) is -0.716. The van der Waals surface area contributed by atoms with Crippen LogP contribution in [0.5, 0.6) is 0 Å². The largest absolute Gasteiger partial charge is 0.298 e. The molecule has 1 heterocycles. The van der Waals surface area contributed by atoms with Crippen LogP contribution in [0.4, 0.5) is 9.52 Å². The molecular weight excluding hydrogens is 355 g/mol. The molecule has 1 amide bonds. The van der Waals surface area contributed by atoms with Gasteiger partial charge in [-0.05, 0) is 58.7 Å². The molecule has 1 aromatic heterocycles. The lowest BCUT2D eigenvalue weighted by molar-refractivity contribution is 0.102. The molecule has 0 aliphatic carbocycles. The zero-order chi connectivity index (χ0) is 15.0. The molecule has 0 spiro atoms. The quantitative estimate of drug-likeness (QED) is 0.712. The Morgan fingerprint density at radius 2 is 2.10 bits per heavy atom. The van der Waals surface area contributed by atoms with E-state index < -0.39 is 5.82 Å². The highest BCUT2D eigenvalue weighted by Crippen LogP contribution is 2.27. The van der Waals surface area contributed by atoms with Gasteiger partial charge in [-0.3, -0.25) is 10.1 Å². The van der Waals surface area contributed by atoms with Crippen molar-refractivity contribution in [2.24, 2.45) is 0 Å². The highest BCUT2D eigenvalue weighted by Gasteiger charge is 2.13. The van der Waals surface area contributed by atoms with Gasteiger partial charge >= 0.3 is 0 Å². The molecule has 0 radical (unpaired) electrons. The van der Waals surface area contributed by atoms with E-state index in [0.29, 0.717) is 15.2 Å². The van der Waals surface area contributed by atoms with Gasteiger partial charge in [-0.2, -0.15) is 0 Å². The molecule has 0 aliphatic heterocycles. The fourth-order valence-corrected chi connectivity index (χ4v) is 3.41. The Morgan fingerprint density at radius 1 is 1.29 bits per heavy atom. The monoisotopic (exact) mass is 364 g/mol. The summed E-state index contributed by atoms with van der Waals surface area (Å²) >= 11 is 4.60. The number of hydrogen-bond donors (Lipinski definition) is 1. The molecule has 3 nitrogen and oxygen atoms in total. The molecule has 21 heavy (non-hydrogen) atoms. The lowest BCUT2D eigenvalue weighted by Crippen LogP contribution is -2.12. The minimum atomic E-state index is -0.395. The Labute approximate surface area is 133 Å². The van der Waals surface area contributed by atoms with E-state index in [-0.39, 0.29) is 5.91 Å². The molecular formula is C15H10BrFN2OS. The Kier molecular flexibility index (Phi) is 3.73. The van der Waals surface area contributed by atoms with Gasteiger partial charge < -0.3 is 0 Å². The molecule has 0 bridgehead atoms. The lowest BCUT2D eigenvalue weighted by Gasteiger charge is -2.03. The van der Waals surface area contributed by atoms with Crippen LogP contribution in [0.15, 0.2) is 40.9 Å². The average Bonchev–Trinajstić information content (AvgIpc) is 2.79. The van der Waals surface area contributed by atoms with Crippen LogP contribution in [0, 0.1) is 12.7 Å². The van der Waals surface area contributed by atoms with Crippen LogP contribution in [-0.4, -0.2) is 10.9 Å². The van der Waals surface area contributed by atoms with Crippen molar-refractivity contribution in [1.82, 2.24) is 4.98 Å². The van der Waals surface area contributed by atoms with Gasteiger partial charge in [-0.1, -0.05) is 17.4 Å². The number of amides is 1. The number of nitrogens with zero attached hydrogens (tertiary/aromatic N) is 1. The number of aryl methyl sites for hydroxylation is 1. The molecule has 0 saturated heterocycles. The molecule has 0 aliphatic rings. The van der Waals surface area contributed by atoms with Gasteiger partial charge in [-0.15, -0.1) is 0 Å². The number of rotatable bonds is 2. The van der Waals surface area contributed by atoms with E-state index in [1.807, 2.05) is 25.1 Å². The summed E-state index contributed by atoms with van der Waals surface area (Å²) in [6.45, 7) is 2.01. The Hall–Kier alpha value is -1.79. The number of aromatic nitrogens is 1. The molecule has 3 aromatic rings.